The lowest BCUT2D eigenvalue weighted by Gasteiger charge is -2.03. The van der Waals surface area contributed by atoms with Crippen LogP contribution in [0.1, 0.15) is 6.92 Å². The van der Waals surface area contributed by atoms with Crippen LogP contribution >= 0.6 is 31.9 Å². The first kappa shape index (κ1) is 21.8. The van der Waals surface area contributed by atoms with Crippen molar-refractivity contribution in [3.63, 3.8) is 0 Å². The summed E-state index contributed by atoms with van der Waals surface area (Å²) in [6.07, 6.45) is 0. The van der Waals surface area contributed by atoms with E-state index in [9.17, 15) is 21.6 Å². The van der Waals surface area contributed by atoms with Gasteiger partial charge in [0, 0.05) is 15.9 Å². The van der Waals surface area contributed by atoms with Crippen molar-refractivity contribution in [3.05, 3.63) is 57.5 Å². The minimum absolute atomic E-state index is 0.0656. The van der Waals surface area contributed by atoms with Crippen LogP contribution in [0.4, 0.5) is 0 Å². The van der Waals surface area contributed by atoms with Crippen LogP contribution < -0.4 is 9.86 Å². The summed E-state index contributed by atoms with van der Waals surface area (Å²) in [6.45, 7) is 1.15. The van der Waals surface area contributed by atoms with Gasteiger partial charge in [0.25, 0.3) is 10.0 Å². The van der Waals surface area contributed by atoms with Gasteiger partial charge in [-0.1, -0.05) is 31.9 Å². The standard InChI is InChI=1S/C8H8BrNO3S.C6H6BrNO2S/c1-6(11)10-14(12,13)8-4-2-7(9)3-5-8;7-5-1-3-6(4-2-5)11(8,9)10/h2-5H,1H3,(H,10,11);1-4H,(H2,8,9,10). The summed E-state index contributed by atoms with van der Waals surface area (Å²) in [4.78, 5) is 10.8. The molecule has 0 fully saturated rings. The number of carbonyl (C=O) groups is 1. The topological polar surface area (TPSA) is 123 Å². The van der Waals surface area contributed by atoms with E-state index in [-0.39, 0.29) is 9.79 Å². The van der Waals surface area contributed by atoms with Crippen molar-refractivity contribution in [2.75, 3.05) is 0 Å². The monoisotopic (exact) mass is 512 g/mol. The summed E-state index contributed by atoms with van der Waals surface area (Å²) in [5.41, 5.74) is 0. The molecule has 0 aliphatic carbocycles. The summed E-state index contributed by atoms with van der Waals surface area (Å²) >= 11 is 6.36. The fourth-order valence-electron chi connectivity index (χ4n) is 1.49. The molecule has 0 saturated heterocycles. The molecule has 2 aromatic carbocycles. The molecule has 0 bridgehead atoms. The maximum Gasteiger partial charge on any atom is 0.264 e. The minimum Gasteiger partial charge on any atom is -0.274 e. The Kier molecular flexibility index (Phi) is 7.75. The van der Waals surface area contributed by atoms with Crippen LogP contribution in [0.3, 0.4) is 0 Å². The van der Waals surface area contributed by atoms with Crippen LogP contribution in [0.25, 0.3) is 0 Å². The molecule has 0 spiro atoms. The third-order valence-electron chi connectivity index (χ3n) is 2.54. The molecule has 3 N–H and O–H groups in total. The molecule has 0 unspecified atom stereocenters. The smallest absolute Gasteiger partial charge is 0.264 e. The molecule has 11 heteroatoms. The van der Waals surface area contributed by atoms with Gasteiger partial charge in [-0.15, -0.1) is 0 Å². The Hall–Kier alpha value is -1.27. The third-order valence-corrected chi connectivity index (χ3v) is 5.98. The van der Waals surface area contributed by atoms with Crippen LogP contribution in [0.5, 0.6) is 0 Å². The SMILES string of the molecule is CC(=O)NS(=O)(=O)c1ccc(Br)cc1.NS(=O)(=O)c1ccc(Br)cc1. The van der Waals surface area contributed by atoms with Crippen molar-refractivity contribution in [1.29, 1.82) is 0 Å². The van der Waals surface area contributed by atoms with Gasteiger partial charge in [0.15, 0.2) is 0 Å². The van der Waals surface area contributed by atoms with E-state index in [4.69, 9.17) is 5.14 Å². The first-order valence-corrected chi connectivity index (χ1v) is 11.1. The molecule has 0 heterocycles. The molecule has 0 radical (unpaired) electrons. The predicted octanol–water partition coefficient (Wildman–Crippen LogP) is 2.37. The van der Waals surface area contributed by atoms with E-state index in [0.717, 1.165) is 15.9 Å². The van der Waals surface area contributed by atoms with Crippen molar-refractivity contribution in [1.82, 2.24) is 4.72 Å². The predicted molar refractivity (Wildman–Crippen MR) is 101 cm³/mol. The Morgan fingerprint density at radius 1 is 0.840 bits per heavy atom. The number of hydrogen-bond donors (Lipinski definition) is 2. The lowest BCUT2D eigenvalue weighted by atomic mass is 10.4. The van der Waals surface area contributed by atoms with Crippen molar-refractivity contribution < 1.29 is 21.6 Å². The molecular formula is C14H14Br2N2O5S2. The van der Waals surface area contributed by atoms with Gasteiger partial charge in [-0.25, -0.2) is 26.7 Å². The first-order valence-electron chi connectivity index (χ1n) is 6.49. The molecule has 136 valence electrons. The van der Waals surface area contributed by atoms with E-state index in [1.165, 1.54) is 24.3 Å². The van der Waals surface area contributed by atoms with E-state index in [2.05, 4.69) is 31.9 Å². The molecule has 7 nitrogen and oxygen atoms in total. The van der Waals surface area contributed by atoms with Gasteiger partial charge >= 0.3 is 0 Å². The lowest BCUT2D eigenvalue weighted by molar-refractivity contribution is -0.117. The fraction of sp³-hybridized carbons (Fsp3) is 0.0714. The molecule has 1 amide bonds. The largest absolute Gasteiger partial charge is 0.274 e. The number of nitrogens with one attached hydrogen (secondary N) is 1. The second kappa shape index (κ2) is 8.90. The highest BCUT2D eigenvalue weighted by molar-refractivity contribution is 9.10. The molecule has 0 aliphatic rings. The zero-order valence-corrected chi connectivity index (χ0v) is 17.6. The average Bonchev–Trinajstić information content (AvgIpc) is 2.46. The van der Waals surface area contributed by atoms with Gasteiger partial charge in [-0.3, -0.25) is 4.79 Å². The average molecular weight is 514 g/mol. The number of benzene rings is 2. The zero-order chi connectivity index (χ0) is 19.3. The highest BCUT2D eigenvalue weighted by atomic mass is 79.9. The minimum atomic E-state index is -3.70. The Labute approximate surface area is 163 Å². The van der Waals surface area contributed by atoms with E-state index in [0.29, 0.717) is 0 Å². The van der Waals surface area contributed by atoms with Gasteiger partial charge in [-0.05, 0) is 48.5 Å². The second-order valence-electron chi connectivity index (χ2n) is 4.61. The summed E-state index contributed by atoms with van der Waals surface area (Å²) < 4.78 is 47.7. The number of rotatable bonds is 3. The third kappa shape index (κ3) is 7.65. The summed E-state index contributed by atoms with van der Waals surface area (Å²) in [7, 11) is -7.24. The molecule has 2 aromatic rings. The van der Waals surface area contributed by atoms with Gasteiger partial charge < -0.3 is 0 Å². The molecule has 0 aliphatic heterocycles. The summed E-state index contributed by atoms with van der Waals surface area (Å²) in [5, 5.41) is 4.86. The van der Waals surface area contributed by atoms with Crippen LogP contribution in [-0.2, 0) is 24.8 Å². The number of primary sulfonamides is 1. The van der Waals surface area contributed by atoms with Crippen LogP contribution in [0, 0.1) is 0 Å². The van der Waals surface area contributed by atoms with E-state index >= 15 is 0 Å². The number of hydrogen-bond acceptors (Lipinski definition) is 5. The summed E-state index contributed by atoms with van der Waals surface area (Å²) in [5.74, 6) is -0.604. The van der Waals surface area contributed by atoms with E-state index in [1.807, 2.05) is 4.72 Å². The quantitative estimate of drug-likeness (QED) is 0.652. The van der Waals surface area contributed by atoms with Crippen molar-refractivity contribution >= 4 is 57.8 Å². The maximum absolute atomic E-state index is 11.4. The van der Waals surface area contributed by atoms with Crippen molar-refractivity contribution in [2.45, 2.75) is 16.7 Å². The first-order chi connectivity index (χ1) is 11.4. The molecule has 0 saturated carbocycles. The van der Waals surface area contributed by atoms with Gasteiger partial charge in [0.1, 0.15) is 0 Å². The molecule has 25 heavy (non-hydrogen) atoms. The Morgan fingerprint density at radius 2 is 1.20 bits per heavy atom. The molecule has 0 atom stereocenters. The number of amides is 1. The number of carbonyl (C=O) groups excluding carboxylic acids is 1. The van der Waals surface area contributed by atoms with Crippen molar-refractivity contribution in [3.8, 4) is 0 Å². The molecule has 2 rings (SSSR count). The number of sulfonamides is 2. The lowest BCUT2D eigenvalue weighted by Crippen LogP contribution is -2.28. The Morgan fingerprint density at radius 3 is 1.52 bits per heavy atom. The zero-order valence-electron chi connectivity index (χ0n) is 12.8. The van der Waals surface area contributed by atoms with Crippen LogP contribution in [0.15, 0.2) is 67.3 Å². The van der Waals surface area contributed by atoms with E-state index < -0.39 is 26.0 Å². The Bertz CT molecular complexity index is 942. The van der Waals surface area contributed by atoms with Crippen molar-refractivity contribution in [2.24, 2.45) is 5.14 Å². The molecule has 0 aromatic heterocycles. The van der Waals surface area contributed by atoms with Gasteiger partial charge in [0.2, 0.25) is 15.9 Å². The van der Waals surface area contributed by atoms with Crippen LogP contribution in [0.2, 0.25) is 0 Å². The number of halogens is 2. The molecular weight excluding hydrogens is 500 g/mol. The normalized spacial score (nSPS) is 11.2. The highest BCUT2D eigenvalue weighted by Gasteiger charge is 2.14. The van der Waals surface area contributed by atoms with Gasteiger partial charge in [0.05, 0.1) is 9.79 Å². The van der Waals surface area contributed by atoms with Crippen LogP contribution in [-0.4, -0.2) is 22.7 Å². The number of nitrogens with two attached hydrogens (primary N) is 1. The summed E-state index contributed by atoms with van der Waals surface area (Å²) in [6, 6.07) is 12.1. The second-order valence-corrected chi connectivity index (χ2v) is 9.69. The van der Waals surface area contributed by atoms with Gasteiger partial charge in [-0.2, -0.15) is 0 Å². The maximum atomic E-state index is 11.4. The fourth-order valence-corrected chi connectivity index (χ4v) is 3.52. The Balaban J connectivity index is 0.000000257. The van der Waals surface area contributed by atoms with E-state index in [1.54, 1.807) is 24.3 Å². The highest BCUT2D eigenvalue weighted by Crippen LogP contribution is 2.14.